The highest BCUT2D eigenvalue weighted by Gasteiger charge is 2.39. The largest absolute Gasteiger partial charge is 0.462 e. The van der Waals surface area contributed by atoms with Gasteiger partial charge >= 0.3 is 5.97 Å². The fourth-order valence-corrected chi connectivity index (χ4v) is 4.51. The molecule has 1 aliphatic heterocycles. The Morgan fingerprint density at radius 2 is 1.88 bits per heavy atom. The van der Waals surface area contributed by atoms with Crippen molar-refractivity contribution in [2.24, 2.45) is 17.8 Å². The molecule has 1 saturated heterocycles. The summed E-state index contributed by atoms with van der Waals surface area (Å²) in [6.45, 7) is 14.0. The molecule has 1 heterocycles. The van der Waals surface area contributed by atoms with E-state index >= 15 is 0 Å². The molecule has 0 aromatic heterocycles. The quantitative estimate of drug-likeness (QED) is 0.301. The van der Waals surface area contributed by atoms with Gasteiger partial charge < -0.3 is 34.4 Å². The van der Waals surface area contributed by atoms with E-state index in [-0.39, 0.29) is 25.4 Å². The lowest BCUT2D eigenvalue weighted by molar-refractivity contribution is -0.231. The minimum Gasteiger partial charge on any atom is -0.462 e. The number of carbonyl (C=O) groups excluding carboxylic acids is 1. The van der Waals surface area contributed by atoms with Crippen LogP contribution in [0.2, 0.25) is 0 Å². The monoisotopic (exact) mass is 489 g/mol. The summed E-state index contributed by atoms with van der Waals surface area (Å²) in [7, 11) is 1.92. The van der Waals surface area contributed by atoms with E-state index in [1.165, 1.54) is 6.92 Å². The lowest BCUT2D eigenvalue weighted by Gasteiger charge is -2.38. The van der Waals surface area contributed by atoms with Crippen LogP contribution in [0.15, 0.2) is 0 Å². The molecule has 8 nitrogen and oxygen atoms in total. The van der Waals surface area contributed by atoms with Gasteiger partial charge in [0.05, 0.1) is 18.1 Å². The standard InChI is InChI=1S/C26H51NO7/c1-9-17(2)15-27(8)21(6)24(29)26(7,31)16-32-25(30)20(5)22(11-10-12-28)34-23-14-18(3)13-19(4)33-23/h17-24,28-29,31H,9-16H2,1-8H3/t17-,18?,19?,20?,21?,22+,23+,24?,26?/m1/s1. The van der Waals surface area contributed by atoms with Gasteiger partial charge in [0.2, 0.25) is 0 Å². The number of rotatable bonds is 15. The first kappa shape index (κ1) is 31.3. The van der Waals surface area contributed by atoms with Gasteiger partial charge in [0.15, 0.2) is 6.29 Å². The third-order valence-corrected chi connectivity index (χ3v) is 7.21. The van der Waals surface area contributed by atoms with Crippen LogP contribution in [0.4, 0.5) is 0 Å². The summed E-state index contributed by atoms with van der Waals surface area (Å²) < 4.78 is 17.5. The Bertz CT molecular complexity index is 577. The van der Waals surface area contributed by atoms with Gasteiger partial charge in [0.25, 0.3) is 0 Å². The molecule has 0 bridgehead atoms. The Morgan fingerprint density at radius 1 is 1.24 bits per heavy atom. The number of aliphatic hydroxyl groups is 3. The van der Waals surface area contributed by atoms with E-state index in [9.17, 15) is 20.1 Å². The number of nitrogens with zero attached hydrogens (tertiary/aromatic N) is 1. The van der Waals surface area contributed by atoms with Gasteiger partial charge in [-0.25, -0.2) is 0 Å². The van der Waals surface area contributed by atoms with Crippen molar-refractivity contribution in [3.05, 3.63) is 0 Å². The second-order valence-corrected chi connectivity index (χ2v) is 10.9. The van der Waals surface area contributed by atoms with Gasteiger partial charge in [0.1, 0.15) is 18.3 Å². The van der Waals surface area contributed by atoms with Crippen LogP contribution in [0.3, 0.4) is 0 Å². The lowest BCUT2D eigenvalue weighted by Crippen LogP contribution is -2.55. The van der Waals surface area contributed by atoms with Crippen molar-refractivity contribution in [3.63, 3.8) is 0 Å². The van der Waals surface area contributed by atoms with Gasteiger partial charge in [-0.2, -0.15) is 0 Å². The Balaban J connectivity index is 2.72. The molecule has 0 amide bonds. The zero-order valence-electron chi connectivity index (χ0n) is 22.7. The molecular weight excluding hydrogens is 438 g/mol. The van der Waals surface area contributed by atoms with E-state index in [4.69, 9.17) is 14.2 Å². The first-order chi connectivity index (χ1) is 15.8. The molecule has 1 aliphatic rings. The third-order valence-electron chi connectivity index (χ3n) is 7.21. The molecule has 9 atom stereocenters. The van der Waals surface area contributed by atoms with Crippen LogP contribution in [-0.4, -0.2) is 89.2 Å². The maximum atomic E-state index is 12.9. The van der Waals surface area contributed by atoms with Gasteiger partial charge in [-0.05, 0) is 65.8 Å². The summed E-state index contributed by atoms with van der Waals surface area (Å²) in [6.07, 6.45) is 1.87. The van der Waals surface area contributed by atoms with E-state index in [0.29, 0.717) is 24.7 Å². The molecule has 0 saturated carbocycles. The molecule has 0 radical (unpaired) electrons. The highest BCUT2D eigenvalue weighted by atomic mass is 16.7. The molecule has 8 heteroatoms. The maximum Gasteiger partial charge on any atom is 0.311 e. The molecule has 202 valence electrons. The van der Waals surface area contributed by atoms with E-state index in [1.54, 1.807) is 6.92 Å². The normalized spacial score (nSPS) is 27.5. The topological polar surface area (TPSA) is 109 Å². The Morgan fingerprint density at radius 3 is 2.44 bits per heavy atom. The van der Waals surface area contributed by atoms with Crippen LogP contribution in [-0.2, 0) is 19.0 Å². The zero-order valence-corrected chi connectivity index (χ0v) is 22.7. The summed E-state index contributed by atoms with van der Waals surface area (Å²) in [4.78, 5) is 14.9. The predicted molar refractivity (Wildman–Crippen MR) is 132 cm³/mol. The van der Waals surface area contributed by atoms with Crippen LogP contribution in [0, 0.1) is 17.8 Å². The molecule has 0 spiro atoms. The van der Waals surface area contributed by atoms with Gasteiger partial charge in [0, 0.05) is 25.6 Å². The van der Waals surface area contributed by atoms with Crippen LogP contribution >= 0.6 is 0 Å². The summed E-state index contributed by atoms with van der Waals surface area (Å²) in [6, 6.07) is -0.312. The van der Waals surface area contributed by atoms with Gasteiger partial charge in [-0.15, -0.1) is 0 Å². The maximum absolute atomic E-state index is 12.9. The number of aliphatic hydroxyl groups excluding tert-OH is 2. The number of carbonyl (C=O) groups is 1. The number of ether oxygens (including phenoxy) is 3. The second kappa shape index (κ2) is 14.7. The van der Waals surface area contributed by atoms with Crippen LogP contribution in [0.1, 0.15) is 80.6 Å². The highest BCUT2D eigenvalue weighted by Crippen LogP contribution is 2.28. The van der Waals surface area contributed by atoms with Gasteiger partial charge in [-0.1, -0.05) is 27.2 Å². The number of likely N-dealkylation sites (N-methyl/N-ethyl adjacent to an activating group) is 1. The Hall–Kier alpha value is -0.770. The first-order valence-electron chi connectivity index (χ1n) is 13.0. The molecule has 34 heavy (non-hydrogen) atoms. The third kappa shape index (κ3) is 10.1. The zero-order chi connectivity index (χ0) is 26.1. The molecule has 3 N–H and O–H groups in total. The minimum atomic E-state index is -1.60. The van der Waals surface area contributed by atoms with E-state index < -0.39 is 36.0 Å². The van der Waals surface area contributed by atoms with Crippen LogP contribution in [0.5, 0.6) is 0 Å². The minimum absolute atomic E-state index is 0.00289. The fraction of sp³-hybridized carbons (Fsp3) is 0.962. The van der Waals surface area contributed by atoms with E-state index in [2.05, 4.69) is 20.8 Å². The van der Waals surface area contributed by atoms with Crippen molar-refractivity contribution >= 4 is 5.97 Å². The number of hydrogen-bond acceptors (Lipinski definition) is 8. The van der Waals surface area contributed by atoms with Crippen LogP contribution < -0.4 is 0 Å². The van der Waals surface area contributed by atoms with Crippen molar-refractivity contribution in [3.8, 4) is 0 Å². The molecule has 0 aliphatic carbocycles. The number of hydrogen-bond donors (Lipinski definition) is 3. The first-order valence-corrected chi connectivity index (χ1v) is 13.0. The molecule has 6 unspecified atom stereocenters. The molecular formula is C26H51NO7. The molecule has 0 aromatic rings. The molecule has 1 fully saturated rings. The van der Waals surface area contributed by atoms with Crippen molar-refractivity contribution in [1.29, 1.82) is 0 Å². The molecule has 1 rings (SSSR count). The Kier molecular flexibility index (Phi) is 13.5. The second-order valence-electron chi connectivity index (χ2n) is 10.9. The van der Waals surface area contributed by atoms with Crippen molar-refractivity contribution in [2.45, 2.75) is 117 Å². The lowest BCUT2D eigenvalue weighted by atomic mass is 9.93. The van der Waals surface area contributed by atoms with Crippen molar-refractivity contribution in [2.75, 3.05) is 26.8 Å². The van der Waals surface area contributed by atoms with Crippen molar-refractivity contribution in [1.82, 2.24) is 4.90 Å². The number of esters is 1. The van der Waals surface area contributed by atoms with E-state index in [0.717, 1.165) is 25.8 Å². The summed E-state index contributed by atoms with van der Waals surface area (Å²) in [5.74, 6) is -0.182. The Labute approximate surface area is 207 Å². The average molecular weight is 490 g/mol. The fourth-order valence-electron chi connectivity index (χ4n) is 4.51. The summed E-state index contributed by atoms with van der Waals surface area (Å²) in [5.41, 5.74) is -1.60. The van der Waals surface area contributed by atoms with Crippen LogP contribution in [0.25, 0.3) is 0 Å². The predicted octanol–water partition coefficient (Wildman–Crippen LogP) is 2.96. The highest BCUT2D eigenvalue weighted by molar-refractivity contribution is 5.72. The van der Waals surface area contributed by atoms with Gasteiger partial charge in [-0.3, -0.25) is 4.79 Å². The average Bonchev–Trinajstić information content (AvgIpc) is 2.77. The van der Waals surface area contributed by atoms with Crippen molar-refractivity contribution < 1.29 is 34.3 Å². The SMILES string of the molecule is CC[C@@H](C)CN(C)C(C)C(O)C(C)(O)COC(=O)C(C)[C@H](CCCO)O[C@H]1CC(C)CC(C)O1. The summed E-state index contributed by atoms with van der Waals surface area (Å²) in [5, 5.41) is 31.0. The van der Waals surface area contributed by atoms with E-state index in [1.807, 2.05) is 25.8 Å². The smallest absolute Gasteiger partial charge is 0.311 e. The summed E-state index contributed by atoms with van der Waals surface area (Å²) >= 11 is 0. The molecule has 0 aromatic carbocycles.